The number of rotatable bonds is 7. The van der Waals surface area contributed by atoms with E-state index in [2.05, 4.69) is 10.3 Å². The van der Waals surface area contributed by atoms with Crippen molar-refractivity contribution in [1.29, 1.82) is 0 Å². The standard InChI is InChI=1S/C37H40N2O8/c1-4-45-36(42)35-26(19-40)32(22-6-8-28(41)24(16-22)20-5-7-27-21(15-20)9-14-39-27)33-30(47-35)18-29-25(34(33)44-3)17-31(46-29)37(2,43)23-10-12-38-13-11-23/h5,7,9,14-15,18-19,23-24,31,38-39,43H,4,6,8,10-13,16-17H2,1-3H3/b32-22-/t24-,31+,37-/m1/s1. The summed E-state index contributed by atoms with van der Waals surface area (Å²) < 4.78 is 24.0. The van der Waals surface area contributed by atoms with Gasteiger partial charge >= 0.3 is 5.97 Å². The topological polar surface area (TPSA) is 136 Å². The van der Waals surface area contributed by atoms with Crippen molar-refractivity contribution in [2.45, 2.75) is 70.0 Å². The Kier molecular flexibility index (Phi) is 8.18. The summed E-state index contributed by atoms with van der Waals surface area (Å²) in [6.07, 6.45) is 5.09. The van der Waals surface area contributed by atoms with Gasteiger partial charge in [0.05, 0.1) is 24.9 Å². The summed E-state index contributed by atoms with van der Waals surface area (Å²) in [5.74, 6) is 0.0373. The molecule has 3 aliphatic heterocycles. The molecule has 0 spiro atoms. The first-order valence-corrected chi connectivity index (χ1v) is 16.5. The average molecular weight is 641 g/mol. The molecule has 2 fully saturated rings. The Balaban J connectivity index is 1.36. The summed E-state index contributed by atoms with van der Waals surface area (Å²) in [6.45, 7) is 5.29. The van der Waals surface area contributed by atoms with Crippen molar-refractivity contribution in [2.24, 2.45) is 5.92 Å². The predicted molar refractivity (Wildman–Crippen MR) is 175 cm³/mol. The molecule has 0 bridgehead atoms. The van der Waals surface area contributed by atoms with Gasteiger partial charge in [-0.25, -0.2) is 4.79 Å². The van der Waals surface area contributed by atoms with Gasteiger partial charge in [0.2, 0.25) is 5.76 Å². The number of Topliss-reactive ketones (excluding diaryl/α,β-unsaturated/α-hetero) is 1. The molecule has 3 atom stereocenters. The number of aldehydes is 1. The Morgan fingerprint density at radius 2 is 1.94 bits per heavy atom. The Hall–Kier alpha value is -4.41. The summed E-state index contributed by atoms with van der Waals surface area (Å²) in [5.41, 5.74) is 3.52. The minimum atomic E-state index is -1.10. The van der Waals surface area contributed by atoms with E-state index in [9.17, 15) is 19.5 Å². The number of methoxy groups -OCH3 is 1. The second-order valence-corrected chi connectivity index (χ2v) is 13.0. The number of hydrogen-bond donors (Lipinski definition) is 3. The summed E-state index contributed by atoms with van der Waals surface area (Å²) in [4.78, 5) is 42.8. The zero-order chi connectivity index (χ0) is 32.9. The summed E-state index contributed by atoms with van der Waals surface area (Å²) in [5, 5.41) is 16.1. The highest BCUT2D eigenvalue weighted by atomic mass is 16.6. The largest absolute Gasteiger partial charge is 0.496 e. The van der Waals surface area contributed by atoms with Crippen molar-refractivity contribution >= 4 is 34.5 Å². The maximum absolute atomic E-state index is 13.4. The Morgan fingerprint density at radius 3 is 2.68 bits per heavy atom. The van der Waals surface area contributed by atoms with Crippen molar-refractivity contribution in [3.8, 4) is 17.2 Å². The monoisotopic (exact) mass is 640 g/mol. The highest BCUT2D eigenvalue weighted by molar-refractivity contribution is 6.10. The molecule has 10 nitrogen and oxygen atoms in total. The van der Waals surface area contributed by atoms with Gasteiger partial charge in [-0.05, 0) is 87.7 Å². The summed E-state index contributed by atoms with van der Waals surface area (Å²) in [6, 6.07) is 9.66. The van der Waals surface area contributed by atoms with Crippen LogP contribution in [0.15, 0.2) is 53.4 Å². The Bertz CT molecular complexity index is 1830. The fourth-order valence-corrected chi connectivity index (χ4v) is 7.84. The number of benzene rings is 2. The maximum Gasteiger partial charge on any atom is 0.375 e. The lowest BCUT2D eigenvalue weighted by atomic mass is 9.75. The minimum absolute atomic E-state index is 0.0542. The molecule has 1 aliphatic carbocycles. The molecular formula is C37H40N2O8. The van der Waals surface area contributed by atoms with Crippen LogP contribution in [0.4, 0.5) is 0 Å². The zero-order valence-corrected chi connectivity index (χ0v) is 26.9. The molecule has 4 aliphatic rings. The van der Waals surface area contributed by atoms with Crippen LogP contribution >= 0.6 is 0 Å². The van der Waals surface area contributed by atoms with E-state index in [0.29, 0.717) is 53.9 Å². The van der Waals surface area contributed by atoms with E-state index < -0.39 is 23.6 Å². The van der Waals surface area contributed by atoms with Crippen LogP contribution in [0, 0.1) is 5.92 Å². The molecule has 3 N–H and O–H groups in total. The van der Waals surface area contributed by atoms with Crippen LogP contribution in [0.2, 0.25) is 0 Å². The number of fused-ring (bicyclic) bond motifs is 3. The number of ketones is 1. The zero-order valence-electron chi connectivity index (χ0n) is 26.9. The summed E-state index contributed by atoms with van der Waals surface area (Å²) in [7, 11) is 1.56. The number of piperidine rings is 1. The number of nitrogens with one attached hydrogen (secondary N) is 2. The first kappa shape index (κ1) is 31.2. The number of allylic oxidation sites excluding steroid dienone is 3. The second kappa shape index (κ2) is 12.3. The van der Waals surface area contributed by atoms with Crippen LogP contribution in [0.25, 0.3) is 16.5 Å². The van der Waals surface area contributed by atoms with Crippen LogP contribution in [0.1, 0.15) is 68.6 Å². The van der Waals surface area contributed by atoms with Crippen molar-refractivity contribution in [3.05, 3.63) is 70.1 Å². The van der Waals surface area contributed by atoms with Gasteiger partial charge in [-0.2, -0.15) is 0 Å². The van der Waals surface area contributed by atoms with Gasteiger partial charge in [-0.3, -0.25) is 9.59 Å². The van der Waals surface area contributed by atoms with E-state index in [-0.39, 0.29) is 36.1 Å². The number of aromatic amines is 1. The van der Waals surface area contributed by atoms with Gasteiger partial charge in [0.15, 0.2) is 6.29 Å². The van der Waals surface area contributed by atoms with Gasteiger partial charge in [0, 0.05) is 47.7 Å². The molecule has 1 aromatic heterocycles. The minimum Gasteiger partial charge on any atom is -0.496 e. The molecule has 0 unspecified atom stereocenters. The Morgan fingerprint density at radius 1 is 1.13 bits per heavy atom. The summed E-state index contributed by atoms with van der Waals surface area (Å²) >= 11 is 0. The number of esters is 1. The predicted octanol–water partition coefficient (Wildman–Crippen LogP) is 4.93. The van der Waals surface area contributed by atoms with Crippen LogP contribution in [-0.4, -0.2) is 66.6 Å². The lowest BCUT2D eigenvalue weighted by Crippen LogP contribution is -2.51. The molecule has 7 rings (SSSR count). The van der Waals surface area contributed by atoms with E-state index in [1.54, 1.807) is 20.1 Å². The van der Waals surface area contributed by atoms with Gasteiger partial charge < -0.3 is 34.4 Å². The highest BCUT2D eigenvalue weighted by Gasteiger charge is 2.47. The number of aromatic nitrogens is 1. The normalized spacial score (nSPS) is 24.2. The smallest absolute Gasteiger partial charge is 0.375 e. The Labute approximate surface area is 273 Å². The van der Waals surface area contributed by atoms with Gasteiger partial charge in [0.25, 0.3) is 0 Å². The highest BCUT2D eigenvalue weighted by Crippen LogP contribution is 2.54. The average Bonchev–Trinajstić information content (AvgIpc) is 3.74. The molecule has 10 heteroatoms. The van der Waals surface area contributed by atoms with E-state index in [1.165, 1.54) is 0 Å². The van der Waals surface area contributed by atoms with Gasteiger partial charge in [0.1, 0.15) is 34.7 Å². The lowest BCUT2D eigenvalue weighted by Gasteiger charge is -2.39. The molecule has 1 saturated carbocycles. The van der Waals surface area contributed by atoms with E-state index in [4.69, 9.17) is 18.9 Å². The third-order valence-electron chi connectivity index (χ3n) is 10.4. The van der Waals surface area contributed by atoms with Crippen LogP contribution < -0.4 is 19.5 Å². The van der Waals surface area contributed by atoms with Crippen LogP contribution in [0.5, 0.6) is 17.2 Å². The molecule has 246 valence electrons. The third kappa shape index (κ3) is 5.33. The van der Waals surface area contributed by atoms with E-state index in [1.807, 2.05) is 37.4 Å². The van der Waals surface area contributed by atoms with Crippen LogP contribution in [0.3, 0.4) is 0 Å². The molecular weight excluding hydrogens is 600 g/mol. The fourth-order valence-electron chi connectivity index (χ4n) is 7.84. The molecule has 3 aromatic rings. The van der Waals surface area contributed by atoms with Crippen molar-refractivity contribution in [3.63, 3.8) is 0 Å². The van der Waals surface area contributed by atoms with E-state index in [0.717, 1.165) is 53.5 Å². The molecule has 0 amide bonds. The van der Waals surface area contributed by atoms with Crippen molar-refractivity contribution in [2.75, 3.05) is 26.8 Å². The second-order valence-electron chi connectivity index (χ2n) is 13.0. The SMILES string of the molecule is CCOC(=O)C1=C(C=O)/C(=C2\CCC(=O)[C@@H](c3ccc4[nH]ccc4c3)C2)c2c(cc3c(c2OC)C[C@@H]([C@](C)(O)C2CCNCC2)O3)O1. The van der Waals surface area contributed by atoms with Gasteiger partial charge in [-0.1, -0.05) is 11.6 Å². The van der Waals surface area contributed by atoms with Gasteiger partial charge in [-0.15, -0.1) is 0 Å². The van der Waals surface area contributed by atoms with Crippen molar-refractivity contribution in [1.82, 2.24) is 10.3 Å². The fraction of sp³-hybridized carbons (Fsp3) is 0.432. The quantitative estimate of drug-likeness (QED) is 0.243. The third-order valence-corrected chi connectivity index (χ3v) is 10.4. The molecule has 4 heterocycles. The molecule has 0 radical (unpaired) electrons. The maximum atomic E-state index is 13.4. The molecule has 1 saturated heterocycles. The number of aliphatic hydroxyl groups is 1. The molecule has 2 aromatic carbocycles. The van der Waals surface area contributed by atoms with Crippen LogP contribution in [-0.2, 0) is 25.5 Å². The number of hydrogen-bond acceptors (Lipinski definition) is 9. The lowest BCUT2D eigenvalue weighted by molar-refractivity contribution is -0.141. The van der Waals surface area contributed by atoms with Crippen molar-refractivity contribution < 1.29 is 38.4 Å². The first-order valence-electron chi connectivity index (χ1n) is 16.5. The van der Waals surface area contributed by atoms with E-state index >= 15 is 0 Å². The molecule has 47 heavy (non-hydrogen) atoms. The number of carbonyl (C=O) groups is 3. The first-order chi connectivity index (χ1) is 22.7. The number of carbonyl (C=O) groups excluding carboxylic acids is 3. The number of ether oxygens (including phenoxy) is 4. The number of H-pyrrole nitrogens is 1.